The maximum atomic E-state index is 12.4. The molecule has 0 aromatic carbocycles. The van der Waals surface area contributed by atoms with E-state index < -0.39 is 0 Å². The third-order valence-electron chi connectivity index (χ3n) is 4.40. The Morgan fingerprint density at radius 2 is 2.36 bits per heavy atom. The molecular formula is C18H29N3O. The van der Waals surface area contributed by atoms with Crippen LogP contribution in [0.25, 0.3) is 0 Å². The molecule has 1 fully saturated rings. The lowest BCUT2D eigenvalue weighted by molar-refractivity contribution is -0.127. The van der Waals surface area contributed by atoms with Crippen LogP contribution in [0.4, 0.5) is 0 Å². The van der Waals surface area contributed by atoms with Crippen LogP contribution in [0.1, 0.15) is 45.2 Å². The summed E-state index contributed by atoms with van der Waals surface area (Å²) in [6, 6.07) is 6.34. The maximum absolute atomic E-state index is 12.4. The molecule has 4 heteroatoms. The van der Waals surface area contributed by atoms with Gasteiger partial charge in [0.15, 0.2) is 0 Å². The van der Waals surface area contributed by atoms with E-state index in [0.717, 1.165) is 57.4 Å². The second-order valence-corrected chi connectivity index (χ2v) is 6.41. The lowest BCUT2D eigenvalue weighted by Crippen LogP contribution is -2.45. The molecule has 1 aliphatic heterocycles. The molecule has 0 aliphatic carbocycles. The molecule has 1 aromatic rings. The number of nitrogens with one attached hydrogen (secondary N) is 1. The summed E-state index contributed by atoms with van der Waals surface area (Å²) in [7, 11) is 0. The summed E-state index contributed by atoms with van der Waals surface area (Å²) in [5, 5.41) is 3.17. The SMILES string of the molecule is CCC[C@H](C)NC(=O)[C@H]1CCCN(CCc2ccccn2)C1. The maximum Gasteiger partial charge on any atom is 0.224 e. The molecule has 1 N–H and O–H groups in total. The Bertz CT molecular complexity index is 449. The van der Waals surface area contributed by atoms with Crippen molar-refractivity contribution in [3.63, 3.8) is 0 Å². The number of likely N-dealkylation sites (tertiary alicyclic amines) is 1. The largest absolute Gasteiger partial charge is 0.353 e. The molecule has 1 aromatic heterocycles. The zero-order chi connectivity index (χ0) is 15.8. The Kier molecular flexibility index (Phi) is 6.84. The number of aromatic nitrogens is 1. The predicted octanol–water partition coefficient (Wildman–Crippen LogP) is 2.64. The highest BCUT2D eigenvalue weighted by Crippen LogP contribution is 2.17. The van der Waals surface area contributed by atoms with Gasteiger partial charge in [-0.25, -0.2) is 0 Å². The van der Waals surface area contributed by atoms with E-state index in [1.807, 2.05) is 18.3 Å². The zero-order valence-electron chi connectivity index (χ0n) is 13.9. The summed E-state index contributed by atoms with van der Waals surface area (Å²) >= 11 is 0. The Labute approximate surface area is 134 Å². The van der Waals surface area contributed by atoms with E-state index in [0.29, 0.717) is 6.04 Å². The van der Waals surface area contributed by atoms with Crippen LogP contribution in [0.2, 0.25) is 0 Å². The van der Waals surface area contributed by atoms with Crippen molar-refractivity contribution in [2.45, 2.75) is 52.0 Å². The minimum Gasteiger partial charge on any atom is -0.353 e. The number of piperidine rings is 1. The molecule has 2 heterocycles. The molecule has 0 bridgehead atoms. The van der Waals surface area contributed by atoms with Gasteiger partial charge >= 0.3 is 0 Å². The molecule has 1 aliphatic rings. The first-order valence-electron chi connectivity index (χ1n) is 8.61. The van der Waals surface area contributed by atoms with E-state index in [2.05, 4.69) is 35.1 Å². The fourth-order valence-corrected chi connectivity index (χ4v) is 3.16. The van der Waals surface area contributed by atoms with Gasteiger partial charge in [-0.3, -0.25) is 9.78 Å². The highest BCUT2D eigenvalue weighted by atomic mass is 16.2. The van der Waals surface area contributed by atoms with Crippen LogP contribution >= 0.6 is 0 Å². The fraction of sp³-hybridized carbons (Fsp3) is 0.667. The Hall–Kier alpha value is -1.42. The smallest absolute Gasteiger partial charge is 0.224 e. The van der Waals surface area contributed by atoms with Crippen molar-refractivity contribution in [2.75, 3.05) is 19.6 Å². The second kappa shape index (κ2) is 8.89. The number of pyridine rings is 1. The number of rotatable bonds is 7. The molecule has 0 unspecified atom stereocenters. The van der Waals surface area contributed by atoms with Crippen molar-refractivity contribution in [2.24, 2.45) is 5.92 Å². The third-order valence-corrected chi connectivity index (χ3v) is 4.40. The molecule has 0 spiro atoms. The molecule has 22 heavy (non-hydrogen) atoms. The van der Waals surface area contributed by atoms with Crippen LogP contribution in [0.5, 0.6) is 0 Å². The first-order chi connectivity index (χ1) is 10.7. The summed E-state index contributed by atoms with van der Waals surface area (Å²) in [5.74, 6) is 0.389. The molecule has 0 radical (unpaired) electrons. The molecular weight excluding hydrogens is 274 g/mol. The lowest BCUT2D eigenvalue weighted by atomic mass is 9.96. The van der Waals surface area contributed by atoms with Gasteiger partial charge in [0, 0.05) is 37.4 Å². The highest BCUT2D eigenvalue weighted by molar-refractivity contribution is 5.79. The number of hydrogen-bond acceptors (Lipinski definition) is 3. The summed E-state index contributed by atoms with van der Waals surface area (Å²) in [4.78, 5) is 19.1. The van der Waals surface area contributed by atoms with Gasteiger partial charge in [0.05, 0.1) is 5.92 Å². The van der Waals surface area contributed by atoms with Crippen molar-refractivity contribution in [1.29, 1.82) is 0 Å². The van der Waals surface area contributed by atoms with E-state index in [1.165, 1.54) is 0 Å². The minimum absolute atomic E-state index is 0.150. The van der Waals surface area contributed by atoms with Crippen LogP contribution < -0.4 is 5.32 Å². The van der Waals surface area contributed by atoms with E-state index in [9.17, 15) is 4.79 Å². The highest BCUT2D eigenvalue weighted by Gasteiger charge is 2.26. The van der Waals surface area contributed by atoms with Crippen LogP contribution in [0, 0.1) is 5.92 Å². The molecule has 1 amide bonds. The minimum atomic E-state index is 0.150. The first-order valence-corrected chi connectivity index (χ1v) is 8.61. The van der Waals surface area contributed by atoms with Gasteiger partial charge in [-0.05, 0) is 44.9 Å². The van der Waals surface area contributed by atoms with Gasteiger partial charge in [0.1, 0.15) is 0 Å². The zero-order valence-corrected chi connectivity index (χ0v) is 13.9. The Morgan fingerprint density at radius 3 is 3.09 bits per heavy atom. The second-order valence-electron chi connectivity index (χ2n) is 6.41. The van der Waals surface area contributed by atoms with E-state index in [1.54, 1.807) is 0 Å². The molecule has 1 saturated heterocycles. The molecule has 122 valence electrons. The van der Waals surface area contributed by atoms with E-state index in [4.69, 9.17) is 0 Å². The fourth-order valence-electron chi connectivity index (χ4n) is 3.16. The third kappa shape index (κ3) is 5.41. The van der Waals surface area contributed by atoms with E-state index in [-0.39, 0.29) is 11.8 Å². The van der Waals surface area contributed by atoms with Crippen molar-refractivity contribution >= 4 is 5.91 Å². The Balaban J connectivity index is 1.77. The summed E-state index contributed by atoms with van der Waals surface area (Å²) in [6.45, 7) is 7.23. The molecule has 4 nitrogen and oxygen atoms in total. The monoisotopic (exact) mass is 303 g/mol. The molecule has 0 saturated carbocycles. The number of nitrogens with zero attached hydrogens (tertiary/aromatic N) is 2. The Morgan fingerprint density at radius 1 is 1.50 bits per heavy atom. The molecule has 2 rings (SSSR count). The van der Waals surface area contributed by atoms with Gasteiger partial charge in [-0.15, -0.1) is 0 Å². The summed E-state index contributed by atoms with van der Waals surface area (Å²) in [6.07, 6.45) is 7.11. The van der Waals surface area contributed by atoms with Gasteiger partial charge < -0.3 is 10.2 Å². The quantitative estimate of drug-likeness (QED) is 0.842. The normalized spacial score (nSPS) is 20.5. The van der Waals surface area contributed by atoms with Gasteiger partial charge in [0.25, 0.3) is 0 Å². The van der Waals surface area contributed by atoms with Gasteiger partial charge in [-0.2, -0.15) is 0 Å². The standard InChI is InChI=1S/C18H29N3O/c1-3-7-15(2)20-18(22)16-8-6-12-21(14-16)13-10-17-9-4-5-11-19-17/h4-5,9,11,15-16H,3,6-8,10,12-14H2,1-2H3,(H,20,22)/t15-,16-/m0/s1. The van der Waals surface area contributed by atoms with Crippen LogP contribution in [0.15, 0.2) is 24.4 Å². The molecule has 2 atom stereocenters. The summed E-state index contributed by atoms with van der Waals surface area (Å²) in [5.41, 5.74) is 1.13. The predicted molar refractivity (Wildman–Crippen MR) is 89.6 cm³/mol. The van der Waals surface area contributed by atoms with Crippen molar-refractivity contribution < 1.29 is 4.79 Å². The van der Waals surface area contributed by atoms with Crippen molar-refractivity contribution in [1.82, 2.24) is 15.2 Å². The average molecular weight is 303 g/mol. The summed E-state index contributed by atoms with van der Waals surface area (Å²) < 4.78 is 0. The lowest BCUT2D eigenvalue weighted by Gasteiger charge is -2.32. The van der Waals surface area contributed by atoms with Crippen LogP contribution in [-0.4, -0.2) is 41.5 Å². The number of hydrogen-bond donors (Lipinski definition) is 1. The van der Waals surface area contributed by atoms with Gasteiger partial charge in [0.2, 0.25) is 5.91 Å². The topological polar surface area (TPSA) is 45.2 Å². The number of carbonyl (C=O) groups excluding carboxylic acids is 1. The first kappa shape index (κ1) is 16.9. The number of carbonyl (C=O) groups is 1. The van der Waals surface area contributed by atoms with Crippen LogP contribution in [0.3, 0.4) is 0 Å². The van der Waals surface area contributed by atoms with E-state index >= 15 is 0 Å². The van der Waals surface area contributed by atoms with Crippen LogP contribution in [-0.2, 0) is 11.2 Å². The van der Waals surface area contributed by atoms with Gasteiger partial charge in [-0.1, -0.05) is 19.4 Å². The number of amides is 1. The van der Waals surface area contributed by atoms with Crippen molar-refractivity contribution in [3.8, 4) is 0 Å². The average Bonchev–Trinajstić information content (AvgIpc) is 2.54. The van der Waals surface area contributed by atoms with Crippen molar-refractivity contribution in [3.05, 3.63) is 30.1 Å².